The molecule has 4 nitrogen and oxygen atoms in total. The van der Waals surface area contributed by atoms with Crippen LogP contribution in [0.2, 0.25) is 0 Å². The summed E-state index contributed by atoms with van der Waals surface area (Å²) in [6.45, 7) is 2.59. The van der Waals surface area contributed by atoms with Gasteiger partial charge >= 0.3 is 0 Å². The minimum absolute atomic E-state index is 0.313. The molecule has 19 heavy (non-hydrogen) atoms. The number of hydrogen-bond acceptors (Lipinski definition) is 5. The first-order valence-corrected chi connectivity index (χ1v) is 10.2. The molecule has 3 unspecified atom stereocenters. The molecule has 0 bridgehead atoms. The summed E-state index contributed by atoms with van der Waals surface area (Å²) >= 11 is 1.83. The summed E-state index contributed by atoms with van der Waals surface area (Å²) in [6.07, 6.45) is 7.11. The average molecular weight is 309 g/mol. The zero-order valence-electron chi connectivity index (χ0n) is 12.6. The molecule has 0 amide bonds. The normalized spacial score (nSPS) is 29.9. The molecular formula is C13H28N2O2S2. The Labute approximate surface area is 122 Å². The maximum Gasteiger partial charge on any atom is 0.152 e. The lowest BCUT2D eigenvalue weighted by Crippen LogP contribution is -2.61. The van der Waals surface area contributed by atoms with Gasteiger partial charge in [-0.2, -0.15) is 11.8 Å². The van der Waals surface area contributed by atoms with E-state index in [9.17, 15) is 8.42 Å². The Morgan fingerprint density at radius 1 is 1.53 bits per heavy atom. The van der Waals surface area contributed by atoms with Gasteiger partial charge in [0.05, 0.1) is 5.25 Å². The molecule has 1 saturated carbocycles. The van der Waals surface area contributed by atoms with E-state index in [0.29, 0.717) is 12.6 Å². The van der Waals surface area contributed by atoms with Gasteiger partial charge in [0.25, 0.3) is 0 Å². The third kappa shape index (κ3) is 3.65. The van der Waals surface area contributed by atoms with Gasteiger partial charge in [0.1, 0.15) is 0 Å². The highest BCUT2D eigenvalue weighted by molar-refractivity contribution is 7.98. The molecule has 0 aromatic rings. The SMILES string of the molecule is CSCCC(C)N(C)C1(CN)CCCC1S(C)(=O)=O. The number of hydrogen-bond donors (Lipinski definition) is 1. The van der Waals surface area contributed by atoms with Crippen LogP contribution in [0, 0.1) is 0 Å². The molecular weight excluding hydrogens is 280 g/mol. The maximum absolute atomic E-state index is 12.1. The quantitative estimate of drug-likeness (QED) is 0.769. The summed E-state index contributed by atoms with van der Waals surface area (Å²) in [5, 5.41) is -0.313. The van der Waals surface area contributed by atoms with E-state index in [0.717, 1.165) is 31.4 Å². The standard InChI is InChI=1S/C13H28N2O2S2/c1-11(7-9-18-3)15(2)13(10-14)8-5-6-12(13)19(4,16)17/h11-12H,5-10,14H2,1-4H3. The van der Waals surface area contributed by atoms with E-state index in [1.807, 2.05) is 18.8 Å². The van der Waals surface area contributed by atoms with Gasteiger partial charge in [0.2, 0.25) is 0 Å². The van der Waals surface area contributed by atoms with Crippen molar-refractivity contribution >= 4 is 21.6 Å². The number of likely N-dealkylation sites (N-methyl/N-ethyl adjacent to an activating group) is 1. The van der Waals surface area contributed by atoms with Crippen LogP contribution in [0.5, 0.6) is 0 Å². The van der Waals surface area contributed by atoms with Crippen LogP contribution in [-0.4, -0.2) is 62.0 Å². The van der Waals surface area contributed by atoms with Crippen LogP contribution in [-0.2, 0) is 9.84 Å². The van der Waals surface area contributed by atoms with E-state index in [4.69, 9.17) is 5.73 Å². The van der Waals surface area contributed by atoms with Crippen LogP contribution in [0.3, 0.4) is 0 Å². The van der Waals surface area contributed by atoms with Crippen molar-refractivity contribution in [3.63, 3.8) is 0 Å². The predicted molar refractivity (Wildman–Crippen MR) is 84.5 cm³/mol. The number of sulfone groups is 1. The molecule has 1 aliphatic rings. The molecule has 2 N–H and O–H groups in total. The molecule has 1 rings (SSSR count). The minimum Gasteiger partial charge on any atom is -0.329 e. The second kappa shape index (κ2) is 6.78. The summed E-state index contributed by atoms with van der Waals surface area (Å²) in [7, 11) is -1.01. The Morgan fingerprint density at radius 3 is 2.63 bits per heavy atom. The summed E-state index contributed by atoms with van der Waals surface area (Å²) in [5.74, 6) is 1.09. The highest BCUT2D eigenvalue weighted by atomic mass is 32.2. The fourth-order valence-corrected chi connectivity index (χ4v) is 5.69. The van der Waals surface area contributed by atoms with Crippen molar-refractivity contribution in [3.8, 4) is 0 Å². The third-order valence-corrected chi connectivity index (χ3v) is 7.00. The first kappa shape index (κ1) is 17.3. The second-order valence-electron chi connectivity index (χ2n) is 5.76. The third-order valence-electron chi connectivity index (χ3n) is 4.65. The molecule has 0 aromatic carbocycles. The van der Waals surface area contributed by atoms with Crippen molar-refractivity contribution in [2.45, 2.75) is 49.4 Å². The number of thioether (sulfide) groups is 1. The molecule has 1 aliphatic carbocycles. The van der Waals surface area contributed by atoms with E-state index >= 15 is 0 Å². The Bertz CT molecular complexity index is 386. The van der Waals surface area contributed by atoms with Gasteiger partial charge in [-0.25, -0.2) is 8.42 Å². The Morgan fingerprint density at radius 2 is 2.16 bits per heavy atom. The van der Waals surface area contributed by atoms with E-state index in [-0.39, 0.29) is 10.8 Å². The van der Waals surface area contributed by atoms with Crippen molar-refractivity contribution in [1.29, 1.82) is 0 Å². The van der Waals surface area contributed by atoms with Gasteiger partial charge in [-0.3, -0.25) is 4.90 Å². The van der Waals surface area contributed by atoms with E-state index in [1.165, 1.54) is 6.26 Å². The van der Waals surface area contributed by atoms with Gasteiger partial charge in [0.15, 0.2) is 9.84 Å². The Balaban J connectivity index is 2.96. The zero-order chi connectivity index (χ0) is 14.7. The summed E-state index contributed by atoms with van der Waals surface area (Å²) < 4.78 is 24.1. The van der Waals surface area contributed by atoms with Crippen molar-refractivity contribution in [1.82, 2.24) is 4.90 Å². The molecule has 0 aliphatic heterocycles. The van der Waals surface area contributed by atoms with Crippen molar-refractivity contribution in [2.24, 2.45) is 5.73 Å². The second-order valence-corrected chi connectivity index (χ2v) is 8.97. The van der Waals surface area contributed by atoms with Gasteiger partial charge in [-0.05, 0) is 45.2 Å². The fourth-order valence-electron chi connectivity index (χ4n) is 3.34. The zero-order valence-corrected chi connectivity index (χ0v) is 14.2. The minimum atomic E-state index is -3.05. The van der Waals surface area contributed by atoms with Crippen molar-refractivity contribution in [2.75, 3.05) is 31.9 Å². The van der Waals surface area contributed by atoms with Crippen LogP contribution in [0.4, 0.5) is 0 Å². The van der Waals surface area contributed by atoms with Gasteiger partial charge in [-0.1, -0.05) is 6.42 Å². The average Bonchev–Trinajstić information content (AvgIpc) is 2.79. The monoisotopic (exact) mass is 308 g/mol. The van der Waals surface area contributed by atoms with Gasteiger partial charge in [0, 0.05) is 24.4 Å². The van der Waals surface area contributed by atoms with Gasteiger partial charge in [-0.15, -0.1) is 0 Å². The topological polar surface area (TPSA) is 63.4 Å². The molecule has 0 heterocycles. The van der Waals surface area contributed by atoms with E-state index in [2.05, 4.69) is 18.1 Å². The molecule has 6 heteroatoms. The number of nitrogens with zero attached hydrogens (tertiary/aromatic N) is 1. The molecule has 0 saturated heterocycles. The molecule has 0 aromatic heterocycles. The van der Waals surface area contributed by atoms with Crippen LogP contribution in [0.1, 0.15) is 32.6 Å². The molecule has 3 atom stereocenters. The molecule has 1 fully saturated rings. The fraction of sp³-hybridized carbons (Fsp3) is 1.00. The highest BCUT2D eigenvalue weighted by Crippen LogP contribution is 2.39. The largest absolute Gasteiger partial charge is 0.329 e. The van der Waals surface area contributed by atoms with Crippen LogP contribution in [0.15, 0.2) is 0 Å². The lowest BCUT2D eigenvalue weighted by atomic mass is 9.93. The number of rotatable bonds is 7. The van der Waals surface area contributed by atoms with Gasteiger partial charge < -0.3 is 5.73 Å². The lowest BCUT2D eigenvalue weighted by Gasteiger charge is -2.45. The van der Waals surface area contributed by atoms with Crippen LogP contribution in [0.25, 0.3) is 0 Å². The Hall–Kier alpha value is 0.220. The lowest BCUT2D eigenvalue weighted by molar-refractivity contribution is 0.0906. The van der Waals surface area contributed by atoms with E-state index in [1.54, 1.807) is 0 Å². The summed E-state index contributed by atoms with van der Waals surface area (Å²) in [6, 6.07) is 0.360. The predicted octanol–water partition coefficient (Wildman–Crippen LogP) is 1.35. The van der Waals surface area contributed by atoms with Crippen molar-refractivity contribution in [3.05, 3.63) is 0 Å². The van der Waals surface area contributed by atoms with E-state index < -0.39 is 9.84 Å². The summed E-state index contributed by atoms with van der Waals surface area (Å²) in [4.78, 5) is 2.24. The van der Waals surface area contributed by atoms with Crippen molar-refractivity contribution < 1.29 is 8.42 Å². The molecule has 0 radical (unpaired) electrons. The Kier molecular flexibility index (Phi) is 6.17. The number of nitrogens with two attached hydrogens (primary N) is 1. The summed E-state index contributed by atoms with van der Waals surface area (Å²) in [5.41, 5.74) is 5.64. The molecule has 114 valence electrons. The van der Waals surface area contributed by atoms with Crippen LogP contribution >= 0.6 is 11.8 Å². The highest BCUT2D eigenvalue weighted by Gasteiger charge is 2.50. The first-order valence-electron chi connectivity index (χ1n) is 6.90. The smallest absolute Gasteiger partial charge is 0.152 e. The first-order chi connectivity index (χ1) is 8.79. The molecule has 0 spiro atoms. The maximum atomic E-state index is 12.1. The van der Waals surface area contributed by atoms with Crippen LogP contribution < -0.4 is 5.73 Å².